The number of ether oxygens (including phenoxy) is 1. The highest BCUT2D eigenvalue weighted by atomic mass is 16.5. The molecule has 5 heteroatoms. The van der Waals surface area contributed by atoms with Crippen LogP contribution in [0.4, 0.5) is 0 Å². The number of amides is 1. The van der Waals surface area contributed by atoms with Crippen LogP contribution in [0.3, 0.4) is 0 Å². The molecule has 2 heterocycles. The molecule has 1 atom stereocenters. The van der Waals surface area contributed by atoms with Crippen molar-refractivity contribution < 1.29 is 13.9 Å². The second kappa shape index (κ2) is 8.58. The minimum atomic E-state index is -0.556. The van der Waals surface area contributed by atoms with Crippen LogP contribution >= 0.6 is 0 Å². The van der Waals surface area contributed by atoms with Gasteiger partial charge in [0.25, 0.3) is 5.91 Å². The molecule has 3 aromatic carbocycles. The lowest BCUT2D eigenvalue weighted by atomic mass is 9.97. The van der Waals surface area contributed by atoms with Gasteiger partial charge >= 0.3 is 0 Å². The Kier molecular flexibility index (Phi) is 5.47. The molecule has 166 valence electrons. The standard InChI is InChI=1S/C28H25NO4/c1-3-14-32-21-11-7-10-20(16-21)25-24-26(30)22-15-18(2)12-13-23(22)33-27(24)28(31)29(25)17-19-8-5-4-6-9-19/h4-13,15-16,25H,3,14,17H2,1-2H3. The second-order valence-corrected chi connectivity index (χ2v) is 8.42. The van der Waals surface area contributed by atoms with Crippen molar-refractivity contribution in [3.8, 4) is 5.75 Å². The molecule has 0 spiro atoms. The van der Waals surface area contributed by atoms with Crippen LogP contribution in [0, 0.1) is 6.92 Å². The van der Waals surface area contributed by atoms with Crippen LogP contribution in [0.1, 0.15) is 52.2 Å². The first-order valence-corrected chi connectivity index (χ1v) is 11.2. The van der Waals surface area contributed by atoms with Gasteiger partial charge in [0.15, 0.2) is 5.43 Å². The minimum Gasteiger partial charge on any atom is -0.494 e. The third-order valence-corrected chi connectivity index (χ3v) is 5.96. The van der Waals surface area contributed by atoms with Gasteiger partial charge < -0.3 is 14.1 Å². The quantitative estimate of drug-likeness (QED) is 0.390. The maximum atomic E-state index is 13.7. The van der Waals surface area contributed by atoms with Gasteiger partial charge in [0.2, 0.25) is 5.76 Å². The van der Waals surface area contributed by atoms with E-state index in [1.165, 1.54) is 0 Å². The summed E-state index contributed by atoms with van der Waals surface area (Å²) in [4.78, 5) is 29.0. The predicted molar refractivity (Wildman–Crippen MR) is 128 cm³/mol. The molecule has 1 amide bonds. The molecule has 0 fully saturated rings. The van der Waals surface area contributed by atoms with Crippen LogP contribution < -0.4 is 10.2 Å². The maximum absolute atomic E-state index is 13.7. The summed E-state index contributed by atoms with van der Waals surface area (Å²) in [6.07, 6.45) is 0.893. The summed E-state index contributed by atoms with van der Waals surface area (Å²) < 4.78 is 11.9. The van der Waals surface area contributed by atoms with Crippen molar-refractivity contribution >= 4 is 16.9 Å². The minimum absolute atomic E-state index is 0.122. The lowest BCUT2D eigenvalue weighted by Crippen LogP contribution is -2.29. The van der Waals surface area contributed by atoms with Gasteiger partial charge in [-0.2, -0.15) is 0 Å². The number of aryl methyl sites for hydroxylation is 1. The van der Waals surface area contributed by atoms with Crippen LogP contribution in [0.5, 0.6) is 5.75 Å². The van der Waals surface area contributed by atoms with E-state index in [9.17, 15) is 9.59 Å². The van der Waals surface area contributed by atoms with Crippen molar-refractivity contribution in [2.75, 3.05) is 6.61 Å². The molecule has 5 rings (SSSR count). The van der Waals surface area contributed by atoms with Gasteiger partial charge in [-0.1, -0.05) is 61.0 Å². The molecule has 0 aliphatic carbocycles. The van der Waals surface area contributed by atoms with Crippen molar-refractivity contribution in [3.63, 3.8) is 0 Å². The Balaban J connectivity index is 1.69. The smallest absolute Gasteiger partial charge is 0.291 e. The molecule has 1 unspecified atom stereocenters. The topological polar surface area (TPSA) is 59.8 Å². The molecule has 0 N–H and O–H groups in total. The van der Waals surface area contributed by atoms with Crippen LogP contribution in [-0.4, -0.2) is 17.4 Å². The Bertz CT molecular complexity index is 1390. The van der Waals surface area contributed by atoms with Crippen molar-refractivity contribution in [2.45, 2.75) is 32.9 Å². The van der Waals surface area contributed by atoms with E-state index in [0.717, 1.165) is 28.9 Å². The fourth-order valence-corrected chi connectivity index (χ4v) is 4.42. The highest BCUT2D eigenvalue weighted by Gasteiger charge is 2.42. The predicted octanol–water partition coefficient (Wildman–Crippen LogP) is 5.64. The molecule has 0 saturated carbocycles. The number of hydrogen-bond donors (Lipinski definition) is 0. The summed E-state index contributed by atoms with van der Waals surface area (Å²) in [7, 11) is 0. The Labute approximate surface area is 192 Å². The number of benzene rings is 3. The molecule has 33 heavy (non-hydrogen) atoms. The first kappa shape index (κ1) is 21.0. The van der Waals surface area contributed by atoms with Crippen molar-refractivity contribution in [1.82, 2.24) is 4.90 Å². The molecule has 5 nitrogen and oxygen atoms in total. The Morgan fingerprint density at radius 3 is 2.58 bits per heavy atom. The zero-order chi connectivity index (χ0) is 22.9. The lowest BCUT2D eigenvalue weighted by molar-refractivity contribution is 0.0714. The van der Waals surface area contributed by atoms with Gasteiger partial charge in [-0.05, 0) is 48.7 Å². The van der Waals surface area contributed by atoms with Gasteiger partial charge in [0.1, 0.15) is 11.3 Å². The Morgan fingerprint density at radius 2 is 1.79 bits per heavy atom. The first-order valence-electron chi connectivity index (χ1n) is 11.2. The maximum Gasteiger partial charge on any atom is 0.291 e. The van der Waals surface area contributed by atoms with E-state index in [-0.39, 0.29) is 17.1 Å². The van der Waals surface area contributed by atoms with E-state index in [2.05, 4.69) is 6.92 Å². The average Bonchev–Trinajstić information content (AvgIpc) is 3.11. The molecule has 0 bridgehead atoms. The van der Waals surface area contributed by atoms with Gasteiger partial charge in [0.05, 0.1) is 23.6 Å². The largest absolute Gasteiger partial charge is 0.494 e. The summed E-state index contributed by atoms with van der Waals surface area (Å²) in [6, 6.07) is 22.3. The Morgan fingerprint density at radius 1 is 0.970 bits per heavy atom. The van der Waals surface area contributed by atoms with Gasteiger partial charge in [0, 0.05) is 6.54 Å². The van der Waals surface area contributed by atoms with E-state index in [4.69, 9.17) is 9.15 Å². The van der Waals surface area contributed by atoms with E-state index < -0.39 is 6.04 Å². The molecule has 1 aliphatic heterocycles. The normalized spacial score (nSPS) is 15.2. The second-order valence-electron chi connectivity index (χ2n) is 8.42. The molecule has 0 saturated heterocycles. The van der Waals surface area contributed by atoms with Gasteiger partial charge in [-0.3, -0.25) is 9.59 Å². The van der Waals surface area contributed by atoms with E-state index in [1.54, 1.807) is 11.0 Å². The summed E-state index contributed by atoms with van der Waals surface area (Å²) >= 11 is 0. The van der Waals surface area contributed by atoms with E-state index in [1.807, 2.05) is 73.7 Å². The summed E-state index contributed by atoms with van der Waals surface area (Å²) in [5.74, 6) is 0.561. The molecule has 1 aliphatic rings. The third-order valence-electron chi connectivity index (χ3n) is 5.96. The average molecular weight is 440 g/mol. The number of fused-ring (bicyclic) bond motifs is 2. The van der Waals surface area contributed by atoms with Crippen molar-refractivity contribution in [1.29, 1.82) is 0 Å². The highest BCUT2D eigenvalue weighted by Crippen LogP contribution is 2.40. The van der Waals surface area contributed by atoms with Crippen LogP contribution in [0.15, 0.2) is 82.0 Å². The number of rotatable bonds is 6. The number of carbonyl (C=O) groups is 1. The molecule has 1 aromatic heterocycles. The fraction of sp³-hybridized carbons (Fsp3) is 0.214. The highest BCUT2D eigenvalue weighted by molar-refractivity contribution is 5.99. The summed E-state index contributed by atoms with van der Waals surface area (Å²) in [6.45, 7) is 4.95. The van der Waals surface area contributed by atoms with E-state index >= 15 is 0 Å². The van der Waals surface area contributed by atoms with Crippen LogP contribution in [-0.2, 0) is 6.54 Å². The van der Waals surface area contributed by atoms with Crippen molar-refractivity contribution in [3.05, 3.63) is 111 Å². The number of nitrogens with zero attached hydrogens (tertiary/aromatic N) is 1. The Hall–Kier alpha value is -3.86. The van der Waals surface area contributed by atoms with Gasteiger partial charge in [-0.25, -0.2) is 0 Å². The van der Waals surface area contributed by atoms with E-state index in [0.29, 0.717) is 29.7 Å². The zero-order valence-electron chi connectivity index (χ0n) is 18.7. The SMILES string of the molecule is CCCOc1cccc(C2c3c(oc4ccc(C)cc4c3=O)C(=O)N2Cc2ccccc2)c1. The monoisotopic (exact) mass is 439 g/mol. The molecule has 4 aromatic rings. The third kappa shape index (κ3) is 3.80. The molecular weight excluding hydrogens is 414 g/mol. The van der Waals surface area contributed by atoms with Crippen LogP contribution in [0.25, 0.3) is 11.0 Å². The fourth-order valence-electron chi connectivity index (χ4n) is 4.42. The number of carbonyl (C=O) groups excluding carboxylic acids is 1. The first-order chi connectivity index (χ1) is 16.1. The number of hydrogen-bond acceptors (Lipinski definition) is 4. The van der Waals surface area contributed by atoms with Gasteiger partial charge in [-0.15, -0.1) is 0 Å². The van der Waals surface area contributed by atoms with Crippen molar-refractivity contribution in [2.24, 2.45) is 0 Å². The molecular formula is C28H25NO4. The lowest BCUT2D eigenvalue weighted by Gasteiger charge is -2.25. The van der Waals surface area contributed by atoms with Crippen LogP contribution in [0.2, 0.25) is 0 Å². The summed E-state index contributed by atoms with van der Waals surface area (Å²) in [5, 5.41) is 0.492. The summed E-state index contributed by atoms with van der Waals surface area (Å²) in [5.41, 5.74) is 3.43. The molecule has 0 radical (unpaired) electrons. The zero-order valence-corrected chi connectivity index (χ0v) is 18.7.